The number of alkyl carbamates (subject to hydrolysis) is 1. The van der Waals surface area contributed by atoms with E-state index in [4.69, 9.17) is 9.47 Å². The number of amides is 1. The third kappa shape index (κ3) is 5.77. The topological polar surface area (TPSA) is 64.6 Å². The standard InChI is InChI=1S/C14H18INO4/c1-14(2,3)20-13(18)16-7-8-19-12-10(9-17)5-4-6-11(12)15/h4-6,9H,7-8H2,1-3H3,(H,16,18). The lowest BCUT2D eigenvalue weighted by Crippen LogP contribution is -2.34. The molecule has 1 aromatic rings. The number of hydrogen-bond acceptors (Lipinski definition) is 4. The van der Waals surface area contributed by atoms with Crippen LogP contribution in [-0.4, -0.2) is 31.1 Å². The summed E-state index contributed by atoms with van der Waals surface area (Å²) in [6, 6.07) is 5.33. The molecule has 0 unspecified atom stereocenters. The third-order valence-electron chi connectivity index (χ3n) is 2.14. The molecule has 0 saturated carbocycles. The number of rotatable bonds is 5. The Morgan fingerprint density at radius 3 is 2.70 bits per heavy atom. The molecule has 1 amide bonds. The maximum absolute atomic E-state index is 11.4. The Labute approximate surface area is 132 Å². The summed E-state index contributed by atoms with van der Waals surface area (Å²) in [6.45, 7) is 5.96. The van der Waals surface area contributed by atoms with Crippen molar-refractivity contribution in [1.29, 1.82) is 0 Å². The number of hydrogen-bond donors (Lipinski definition) is 1. The summed E-state index contributed by atoms with van der Waals surface area (Å²) in [4.78, 5) is 22.3. The van der Waals surface area contributed by atoms with Crippen LogP contribution in [0.25, 0.3) is 0 Å². The molecular weight excluding hydrogens is 373 g/mol. The number of benzene rings is 1. The van der Waals surface area contributed by atoms with E-state index in [9.17, 15) is 9.59 Å². The molecule has 0 aliphatic heterocycles. The van der Waals surface area contributed by atoms with Gasteiger partial charge in [0.05, 0.1) is 15.7 Å². The van der Waals surface area contributed by atoms with Crippen LogP contribution in [0.4, 0.5) is 4.79 Å². The number of nitrogens with one attached hydrogen (secondary N) is 1. The van der Waals surface area contributed by atoms with E-state index in [0.717, 1.165) is 9.86 Å². The van der Waals surface area contributed by atoms with Gasteiger partial charge in [-0.05, 0) is 55.5 Å². The smallest absolute Gasteiger partial charge is 0.407 e. The molecule has 0 fully saturated rings. The quantitative estimate of drug-likeness (QED) is 0.476. The van der Waals surface area contributed by atoms with Crippen LogP contribution in [0.15, 0.2) is 18.2 Å². The zero-order chi connectivity index (χ0) is 15.2. The van der Waals surface area contributed by atoms with Crippen LogP contribution in [0.3, 0.4) is 0 Å². The second-order valence-electron chi connectivity index (χ2n) is 5.05. The Morgan fingerprint density at radius 1 is 1.40 bits per heavy atom. The van der Waals surface area contributed by atoms with Gasteiger partial charge in [-0.15, -0.1) is 0 Å². The molecule has 0 spiro atoms. The van der Waals surface area contributed by atoms with E-state index in [1.54, 1.807) is 32.9 Å². The first-order valence-corrected chi connectivity index (χ1v) is 7.24. The van der Waals surface area contributed by atoms with Gasteiger partial charge in [-0.3, -0.25) is 4.79 Å². The molecule has 5 nitrogen and oxygen atoms in total. The van der Waals surface area contributed by atoms with Gasteiger partial charge in [0.25, 0.3) is 0 Å². The van der Waals surface area contributed by atoms with Crippen molar-refractivity contribution in [3.05, 3.63) is 27.3 Å². The van der Waals surface area contributed by atoms with Gasteiger partial charge in [0, 0.05) is 0 Å². The number of ether oxygens (including phenoxy) is 2. The van der Waals surface area contributed by atoms with Crippen LogP contribution in [0, 0.1) is 3.57 Å². The fourth-order valence-corrected chi connectivity index (χ4v) is 2.07. The molecule has 0 heterocycles. The average molecular weight is 391 g/mol. The summed E-state index contributed by atoms with van der Waals surface area (Å²) < 4.78 is 11.5. The van der Waals surface area contributed by atoms with Crippen LogP contribution in [-0.2, 0) is 4.74 Å². The summed E-state index contributed by atoms with van der Waals surface area (Å²) >= 11 is 2.10. The molecule has 0 aromatic heterocycles. The minimum absolute atomic E-state index is 0.264. The van der Waals surface area contributed by atoms with Crippen LogP contribution in [0.1, 0.15) is 31.1 Å². The molecule has 0 bridgehead atoms. The molecule has 110 valence electrons. The van der Waals surface area contributed by atoms with Crippen molar-refractivity contribution in [3.8, 4) is 5.75 Å². The molecule has 1 N–H and O–H groups in total. The summed E-state index contributed by atoms with van der Waals surface area (Å²) in [7, 11) is 0. The van der Waals surface area contributed by atoms with Crippen molar-refractivity contribution >= 4 is 35.0 Å². The second kappa shape index (κ2) is 7.47. The van der Waals surface area contributed by atoms with Crippen LogP contribution >= 0.6 is 22.6 Å². The maximum Gasteiger partial charge on any atom is 0.407 e. The van der Waals surface area contributed by atoms with E-state index in [0.29, 0.717) is 17.9 Å². The fourth-order valence-electron chi connectivity index (χ4n) is 1.39. The largest absolute Gasteiger partial charge is 0.490 e. The van der Waals surface area contributed by atoms with E-state index in [2.05, 4.69) is 27.9 Å². The predicted octanol–water partition coefficient (Wildman–Crippen LogP) is 3.01. The van der Waals surface area contributed by atoms with Crippen LogP contribution < -0.4 is 10.1 Å². The molecule has 1 rings (SSSR count). The number of carbonyl (C=O) groups is 2. The lowest BCUT2D eigenvalue weighted by Gasteiger charge is -2.19. The molecule has 0 aliphatic rings. The zero-order valence-corrected chi connectivity index (χ0v) is 13.9. The molecule has 0 aliphatic carbocycles. The van der Waals surface area contributed by atoms with Crippen molar-refractivity contribution < 1.29 is 19.1 Å². The van der Waals surface area contributed by atoms with Crippen LogP contribution in [0.2, 0.25) is 0 Å². The van der Waals surface area contributed by atoms with Crippen LogP contribution in [0.5, 0.6) is 5.75 Å². The highest BCUT2D eigenvalue weighted by Gasteiger charge is 2.15. The molecule has 20 heavy (non-hydrogen) atoms. The minimum Gasteiger partial charge on any atom is -0.490 e. The molecular formula is C14H18INO4. The molecule has 1 aromatic carbocycles. The number of halogens is 1. The van der Waals surface area contributed by atoms with Gasteiger partial charge in [-0.1, -0.05) is 6.07 Å². The number of para-hydroxylation sites is 1. The third-order valence-corrected chi connectivity index (χ3v) is 2.99. The van der Waals surface area contributed by atoms with Gasteiger partial charge in [-0.25, -0.2) is 4.79 Å². The Bertz CT molecular complexity index is 483. The van der Waals surface area contributed by atoms with E-state index < -0.39 is 11.7 Å². The first-order chi connectivity index (χ1) is 9.33. The molecule has 0 atom stereocenters. The van der Waals surface area contributed by atoms with E-state index in [-0.39, 0.29) is 6.61 Å². The van der Waals surface area contributed by atoms with Crippen molar-refractivity contribution in [2.24, 2.45) is 0 Å². The number of aldehydes is 1. The normalized spacial score (nSPS) is 10.8. The molecule has 0 radical (unpaired) electrons. The van der Waals surface area contributed by atoms with E-state index >= 15 is 0 Å². The monoisotopic (exact) mass is 391 g/mol. The maximum atomic E-state index is 11.4. The van der Waals surface area contributed by atoms with Gasteiger partial charge < -0.3 is 14.8 Å². The first kappa shape index (κ1) is 16.7. The Morgan fingerprint density at radius 2 is 2.10 bits per heavy atom. The SMILES string of the molecule is CC(C)(C)OC(=O)NCCOc1c(I)cccc1C=O. The van der Waals surface area contributed by atoms with Gasteiger partial charge in [0.1, 0.15) is 18.0 Å². The Balaban J connectivity index is 2.42. The highest BCUT2D eigenvalue weighted by molar-refractivity contribution is 14.1. The summed E-state index contributed by atoms with van der Waals surface area (Å²) in [6.07, 6.45) is 0.262. The predicted molar refractivity (Wildman–Crippen MR) is 84.3 cm³/mol. The lowest BCUT2D eigenvalue weighted by molar-refractivity contribution is 0.0520. The van der Waals surface area contributed by atoms with E-state index in [1.165, 1.54) is 0 Å². The summed E-state index contributed by atoms with van der Waals surface area (Å²) in [5, 5.41) is 2.59. The highest BCUT2D eigenvalue weighted by Crippen LogP contribution is 2.24. The van der Waals surface area contributed by atoms with Gasteiger partial charge in [0.2, 0.25) is 0 Å². The average Bonchev–Trinajstić information content (AvgIpc) is 2.33. The Hall–Kier alpha value is -1.31. The minimum atomic E-state index is -0.523. The molecule has 0 saturated heterocycles. The van der Waals surface area contributed by atoms with Gasteiger partial charge in [0.15, 0.2) is 6.29 Å². The van der Waals surface area contributed by atoms with Gasteiger partial charge in [-0.2, -0.15) is 0 Å². The lowest BCUT2D eigenvalue weighted by atomic mass is 10.2. The first-order valence-electron chi connectivity index (χ1n) is 6.17. The van der Waals surface area contributed by atoms with E-state index in [1.807, 2.05) is 6.07 Å². The molecule has 6 heteroatoms. The fraction of sp³-hybridized carbons (Fsp3) is 0.429. The van der Waals surface area contributed by atoms with Crippen molar-refractivity contribution in [2.45, 2.75) is 26.4 Å². The van der Waals surface area contributed by atoms with Crippen molar-refractivity contribution in [2.75, 3.05) is 13.2 Å². The summed E-state index contributed by atoms with van der Waals surface area (Å²) in [5.41, 5.74) is -0.0288. The second-order valence-corrected chi connectivity index (χ2v) is 6.22. The Kier molecular flexibility index (Phi) is 6.25. The van der Waals surface area contributed by atoms with Crippen molar-refractivity contribution in [3.63, 3.8) is 0 Å². The zero-order valence-electron chi connectivity index (χ0n) is 11.7. The van der Waals surface area contributed by atoms with Gasteiger partial charge >= 0.3 is 6.09 Å². The highest BCUT2D eigenvalue weighted by atomic mass is 127. The van der Waals surface area contributed by atoms with Crippen molar-refractivity contribution in [1.82, 2.24) is 5.32 Å². The number of carbonyl (C=O) groups excluding carboxylic acids is 2. The summed E-state index contributed by atoms with van der Waals surface area (Å²) in [5.74, 6) is 0.536.